The van der Waals surface area contributed by atoms with Crippen LogP contribution < -0.4 is 4.74 Å². The quantitative estimate of drug-likeness (QED) is 0.759. The zero-order chi connectivity index (χ0) is 10.8. The number of aryl methyl sites for hydroxylation is 1. The van der Waals surface area contributed by atoms with Gasteiger partial charge in [-0.25, -0.2) is 4.39 Å². The van der Waals surface area contributed by atoms with E-state index in [0.717, 1.165) is 0 Å². The molecule has 0 saturated heterocycles. The third kappa shape index (κ3) is 1.81. The highest BCUT2D eigenvalue weighted by atomic mass is 19.1. The van der Waals surface area contributed by atoms with E-state index in [9.17, 15) is 4.39 Å². The molecule has 0 aliphatic carbocycles. The molecule has 1 aromatic heterocycles. The van der Waals surface area contributed by atoms with Crippen molar-refractivity contribution in [3.8, 4) is 17.2 Å². The summed E-state index contributed by atoms with van der Waals surface area (Å²) < 4.78 is 22.9. The monoisotopic (exact) mass is 208 g/mol. The van der Waals surface area contributed by atoms with Crippen molar-refractivity contribution in [1.82, 2.24) is 10.1 Å². The predicted molar refractivity (Wildman–Crippen MR) is 51.0 cm³/mol. The number of methoxy groups -OCH3 is 1. The lowest BCUT2D eigenvalue weighted by atomic mass is 10.2. The summed E-state index contributed by atoms with van der Waals surface area (Å²) in [5, 5.41) is 3.65. The molecule has 0 radical (unpaired) electrons. The Balaban J connectivity index is 2.45. The van der Waals surface area contributed by atoms with Gasteiger partial charge < -0.3 is 9.26 Å². The molecule has 0 aliphatic rings. The van der Waals surface area contributed by atoms with Crippen LogP contribution in [-0.2, 0) is 0 Å². The zero-order valence-corrected chi connectivity index (χ0v) is 8.32. The second-order valence-electron chi connectivity index (χ2n) is 3.00. The maximum atomic E-state index is 13.1. The van der Waals surface area contributed by atoms with Crippen LogP contribution in [-0.4, -0.2) is 17.3 Å². The fourth-order valence-corrected chi connectivity index (χ4v) is 1.21. The van der Waals surface area contributed by atoms with Crippen LogP contribution in [0.3, 0.4) is 0 Å². The fourth-order valence-electron chi connectivity index (χ4n) is 1.21. The summed E-state index contributed by atoms with van der Waals surface area (Å²) in [6.45, 7) is 1.72. The van der Waals surface area contributed by atoms with E-state index < -0.39 is 5.82 Å². The Morgan fingerprint density at radius 1 is 1.40 bits per heavy atom. The SMILES string of the molecule is COc1cc(-c2nc(C)no2)ccc1F. The van der Waals surface area contributed by atoms with E-state index in [2.05, 4.69) is 10.1 Å². The van der Waals surface area contributed by atoms with E-state index in [-0.39, 0.29) is 5.75 Å². The van der Waals surface area contributed by atoms with Crippen LogP contribution in [0.25, 0.3) is 11.5 Å². The van der Waals surface area contributed by atoms with E-state index in [1.807, 2.05) is 0 Å². The maximum Gasteiger partial charge on any atom is 0.258 e. The first-order chi connectivity index (χ1) is 7.20. The van der Waals surface area contributed by atoms with E-state index in [0.29, 0.717) is 17.3 Å². The molecule has 0 bridgehead atoms. The van der Waals surface area contributed by atoms with Crippen molar-refractivity contribution < 1.29 is 13.7 Å². The van der Waals surface area contributed by atoms with Gasteiger partial charge in [-0.15, -0.1) is 0 Å². The summed E-state index contributed by atoms with van der Waals surface area (Å²) in [6, 6.07) is 4.38. The van der Waals surface area contributed by atoms with Crippen molar-refractivity contribution in [3.05, 3.63) is 29.8 Å². The van der Waals surface area contributed by atoms with Gasteiger partial charge in [-0.3, -0.25) is 0 Å². The predicted octanol–water partition coefficient (Wildman–Crippen LogP) is 2.19. The Hall–Kier alpha value is -1.91. The number of aromatic nitrogens is 2. The van der Waals surface area contributed by atoms with Crippen molar-refractivity contribution in [1.29, 1.82) is 0 Å². The van der Waals surface area contributed by atoms with E-state index in [1.54, 1.807) is 13.0 Å². The summed E-state index contributed by atoms with van der Waals surface area (Å²) >= 11 is 0. The summed E-state index contributed by atoms with van der Waals surface area (Å²) in [5.41, 5.74) is 0.633. The highest BCUT2D eigenvalue weighted by molar-refractivity contribution is 5.55. The van der Waals surface area contributed by atoms with Gasteiger partial charge in [0.2, 0.25) is 0 Å². The summed E-state index contributed by atoms with van der Waals surface area (Å²) in [6.07, 6.45) is 0. The number of ether oxygens (including phenoxy) is 1. The first-order valence-electron chi connectivity index (χ1n) is 4.35. The molecule has 0 fully saturated rings. The summed E-state index contributed by atoms with van der Waals surface area (Å²) in [4.78, 5) is 4.03. The molecule has 4 nitrogen and oxygen atoms in total. The highest BCUT2D eigenvalue weighted by Crippen LogP contribution is 2.24. The second-order valence-corrected chi connectivity index (χ2v) is 3.00. The molecule has 0 spiro atoms. The van der Waals surface area contributed by atoms with Crippen LogP contribution >= 0.6 is 0 Å². The van der Waals surface area contributed by atoms with Gasteiger partial charge >= 0.3 is 0 Å². The second kappa shape index (κ2) is 3.68. The summed E-state index contributed by atoms with van der Waals surface area (Å²) in [5.74, 6) is 0.625. The number of halogens is 1. The van der Waals surface area contributed by atoms with E-state index >= 15 is 0 Å². The number of hydrogen-bond acceptors (Lipinski definition) is 4. The van der Waals surface area contributed by atoms with Crippen molar-refractivity contribution in [2.75, 3.05) is 7.11 Å². The minimum Gasteiger partial charge on any atom is -0.494 e. The molecule has 0 amide bonds. The molecule has 0 aliphatic heterocycles. The molecule has 2 aromatic rings. The number of nitrogens with zero attached hydrogens (tertiary/aromatic N) is 2. The molecule has 1 aromatic carbocycles. The Morgan fingerprint density at radius 2 is 2.20 bits per heavy atom. The van der Waals surface area contributed by atoms with Crippen LogP contribution in [0.4, 0.5) is 4.39 Å². The van der Waals surface area contributed by atoms with Gasteiger partial charge in [-0.05, 0) is 25.1 Å². The average Bonchev–Trinajstić information content (AvgIpc) is 2.66. The van der Waals surface area contributed by atoms with Crippen LogP contribution in [0.2, 0.25) is 0 Å². The topological polar surface area (TPSA) is 48.2 Å². The lowest BCUT2D eigenvalue weighted by Gasteiger charge is -2.02. The van der Waals surface area contributed by atoms with E-state index in [4.69, 9.17) is 9.26 Å². The molecule has 5 heteroatoms. The normalized spacial score (nSPS) is 10.3. The van der Waals surface area contributed by atoms with Crippen molar-refractivity contribution >= 4 is 0 Å². The lowest BCUT2D eigenvalue weighted by Crippen LogP contribution is -1.88. The van der Waals surface area contributed by atoms with Crippen molar-refractivity contribution in [2.24, 2.45) is 0 Å². The van der Waals surface area contributed by atoms with Crippen molar-refractivity contribution in [2.45, 2.75) is 6.92 Å². The molecule has 0 saturated carbocycles. The maximum absolute atomic E-state index is 13.1. The third-order valence-electron chi connectivity index (χ3n) is 1.93. The lowest BCUT2D eigenvalue weighted by molar-refractivity contribution is 0.386. The fraction of sp³-hybridized carbons (Fsp3) is 0.200. The van der Waals surface area contributed by atoms with Crippen LogP contribution in [0.1, 0.15) is 5.82 Å². The van der Waals surface area contributed by atoms with Crippen molar-refractivity contribution in [3.63, 3.8) is 0 Å². The Kier molecular flexibility index (Phi) is 2.37. The minimum absolute atomic E-state index is 0.156. The number of rotatable bonds is 2. The molecular weight excluding hydrogens is 199 g/mol. The minimum atomic E-state index is -0.419. The molecular formula is C10H9FN2O2. The number of benzene rings is 1. The molecule has 0 unspecified atom stereocenters. The first kappa shape index (κ1) is 9.64. The largest absolute Gasteiger partial charge is 0.494 e. The average molecular weight is 208 g/mol. The Bertz CT molecular complexity index is 482. The van der Waals surface area contributed by atoms with Gasteiger partial charge in [0.05, 0.1) is 7.11 Å². The summed E-state index contributed by atoms with van der Waals surface area (Å²) in [7, 11) is 1.40. The van der Waals surface area contributed by atoms with Crippen LogP contribution in [0, 0.1) is 12.7 Å². The number of hydrogen-bond donors (Lipinski definition) is 0. The Labute approximate surface area is 85.7 Å². The standard InChI is InChI=1S/C10H9FN2O2/c1-6-12-10(15-13-6)7-3-4-8(11)9(5-7)14-2/h3-5H,1-2H3. The third-order valence-corrected chi connectivity index (χ3v) is 1.93. The van der Waals surface area contributed by atoms with Gasteiger partial charge in [0.1, 0.15) is 0 Å². The smallest absolute Gasteiger partial charge is 0.258 e. The molecule has 78 valence electrons. The van der Waals surface area contributed by atoms with Crippen LogP contribution in [0.5, 0.6) is 5.75 Å². The van der Waals surface area contributed by atoms with Crippen LogP contribution in [0.15, 0.2) is 22.7 Å². The zero-order valence-electron chi connectivity index (χ0n) is 8.32. The van der Waals surface area contributed by atoms with Gasteiger partial charge in [0.15, 0.2) is 17.4 Å². The first-order valence-corrected chi connectivity index (χ1v) is 4.35. The van der Waals surface area contributed by atoms with Gasteiger partial charge in [0, 0.05) is 5.56 Å². The molecule has 15 heavy (non-hydrogen) atoms. The molecule has 2 rings (SSSR count). The highest BCUT2D eigenvalue weighted by Gasteiger charge is 2.09. The Morgan fingerprint density at radius 3 is 2.80 bits per heavy atom. The molecule has 0 atom stereocenters. The molecule has 0 N–H and O–H groups in total. The van der Waals surface area contributed by atoms with Gasteiger partial charge in [0.25, 0.3) is 5.89 Å². The van der Waals surface area contributed by atoms with Gasteiger partial charge in [-0.1, -0.05) is 5.16 Å². The van der Waals surface area contributed by atoms with Gasteiger partial charge in [-0.2, -0.15) is 4.98 Å². The van der Waals surface area contributed by atoms with E-state index in [1.165, 1.54) is 19.2 Å². The molecule has 1 heterocycles.